The van der Waals surface area contributed by atoms with Gasteiger partial charge < -0.3 is 4.74 Å². The highest BCUT2D eigenvalue weighted by Crippen LogP contribution is 2.35. The summed E-state index contributed by atoms with van der Waals surface area (Å²) in [5, 5.41) is 4.27. The molecule has 2 heterocycles. The number of fused-ring (bicyclic) bond motifs is 1. The molecule has 1 saturated carbocycles. The van der Waals surface area contributed by atoms with E-state index in [9.17, 15) is 18.0 Å². The van der Waals surface area contributed by atoms with Crippen molar-refractivity contribution in [2.45, 2.75) is 50.2 Å². The Labute approximate surface area is 191 Å². The second kappa shape index (κ2) is 8.23. The summed E-state index contributed by atoms with van der Waals surface area (Å²) >= 11 is 0. The van der Waals surface area contributed by atoms with Crippen LogP contribution in [-0.4, -0.2) is 54.1 Å². The van der Waals surface area contributed by atoms with Crippen molar-refractivity contribution in [3.63, 3.8) is 0 Å². The molecule has 3 aromatic rings. The molecule has 11 heteroatoms. The number of sulfonamides is 1. The topological polar surface area (TPSA) is 123 Å². The molecule has 0 radical (unpaired) electrons. The molecule has 1 aromatic carbocycles. The van der Waals surface area contributed by atoms with Gasteiger partial charge in [-0.25, -0.2) is 22.9 Å². The number of aromatic nitrogens is 3. The van der Waals surface area contributed by atoms with Gasteiger partial charge in [0.15, 0.2) is 11.9 Å². The lowest BCUT2D eigenvalue weighted by Crippen LogP contribution is -2.39. The zero-order chi connectivity index (χ0) is 24.0. The van der Waals surface area contributed by atoms with E-state index in [1.807, 2.05) is 0 Å². The predicted octanol–water partition coefficient (Wildman–Crippen LogP) is 3.02. The second-order valence-corrected chi connectivity index (χ2v) is 10.7. The summed E-state index contributed by atoms with van der Waals surface area (Å²) in [6.07, 6.45) is 3.09. The molecular weight excluding hydrogens is 446 g/mol. The van der Waals surface area contributed by atoms with Gasteiger partial charge in [0, 0.05) is 17.7 Å². The number of rotatable bonds is 6. The summed E-state index contributed by atoms with van der Waals surface area (Å²) in [5.41, 5.74) is 0.703. The summed E-state index contributed by atoms with van der Waals surface area (Å²) < 4.78 is 33.9. The van der Waals surface area contributed by atoms with Gasteiger partial charge in [0.25, 0.3) is 0 Å². The smallest absolute Gasteiger partial charge is 0.416 e. The molecule has 4 rings (SSSR count). The Morgan fingerprint density at radius 2 is 2.00 bits per heavy atom. The number of benzene rings is 1. The molecule has 33 heavy (non-hydrogen) atoms. The number of nitrogens with one attached hydrogen (secondary N) is 1. The maximum atomic E-state index is 13.1. The Bertz CT molecular complexity index is 1340. The molecule has 0 atom stereocenters. The average molecular weight is 472 g/mol. The third kappa shape index (κ3) is 4.60. The minimum atomic E-state index is -3.67. The van der Waals surface area contributed by atoms with Crippen molar-refractivity contribution < 1.29 is 22.7 Å². The second-order valence-electron chi connectivity index (χ2n) is 8.77. The van der Waals surface area contributed by atoms with Gasteiger partial charge in [-0.2, -0.15) is 9.61 Å². The lowest BCUT2D eigenvalue weighted by Gasteiger charge is -2.27. The normalized spacial score (nSPS) is 14.3. The number of ether oxygens (including phenoxy) is 1. The molecule has 0 aliphatic heterocycles. The summed E-state index contributed by atoms with van der Waals surface area (Å²) in [6.45, 7) is 5.36. The minimum Gasteiger partial charge on any atom is -0.443 e. The van der Waals surface area contributed by atoms with E-state index < -0.39 is 21.7 Å². The monoisotopic (exact) mass is 471 g/mol. The number of amides is 1. The largest absolute Gasteiger partial charge is 0.443 e. The summed E-state index contributed by atoms with van der Waals surface area (Å²) in [5.74, 6) is 0.390. The fourth-order valence-electron chi connectivity index (χ4n) is 3.38. The Balaban J connectivity index is 1.91. The molecule has 1 amide bonds. The third-order valence-electron chi connectivity index (χ3n) is 5.07. The van der Waals surface area contributed by atoms with Gasteiger partial charge in [0.1, 0.15) is 11.4 Å². The van der Waals surface area contributed by atoms with E-state index in [4.69, 9.17) is 4.74 Å². The van der Waals surface area contributed by atoms with Crippen molar-refractivity contribution in [3.05, 3.63) is 42.1 Å². The van der Waals surface area contributed by atoms with Gasteiger partial charge in [-0.05, 0) is 52.8 Å². The SMILES string of the molecule is CNS(=O)(=O)c1cccc(-c2cc(N(C(=O)OC(C)(C)C)C3CC3)n3ncc(C=O)c3n2)c1. The first-order valence-corrected chi connectivity index (χ1v) is 11.9. The van der Waals surface area contributed by atoms with Gasteiger partial charge in [-0.3, -0.25) is 9.69 Å². The fraction of sp³-hybridized carbons (Fsp3) is 0.364. The zero-order valence-corrected chi connectivity index (χ0v) is 19.6. The Morgan fingerprint density at radius 3 is 2.61 bits per heavy atom. The number of anilines is 1. The van der Waals surface area contributed by atoms with Gasteiger partial charge >= 0.3 is 6.09 Å². The van der Waals surface area contributed by atoms with E-state index in [0.717, 1.165) is 12.8 Å². The van der Waals surface area contributed by atoms with Crippen LogP contribution in [0.5, 0.6) is 0 Å². The van der Waals surface area contributed by atoms with Gasteiger partial charge in [-0.15, -0.1) is 0 Å². The highest BCUT2D eigenvalue weighted by molar-refractivity contribution is 7.89. The maximum Gasteiger partial charge on any atom is 0.416 e. The van der Waals surface area contributed by atoms with Gasteiger partial charge in [-0.1, -0.05) is 12.1 Å². The zero-order valence-electron chi connectivity index (χ0n) is 18.8. The molecule has 1 aliphatic carbocycles. The molecule has 1 fully saturated rings. The van der Waals surface area contributed by atoms with Crippen LogP contribution in [0.25, 0.3) is 16.9 Å². The predicted molar refractivity (Wildman–Crippen MR) is 122 cm³/mol. The lowest BCUT2D eigenvalue weighted by atomic mass is 10.1. The molecule has 174 valence electrons. The van der Waals surface area contributed by atoms with E-state index in [1.54, 1.807) is 39.0 Å². The number of carbonyl (C=O) groups is 2. The highest BCUT2D eigenvalue weighted by atomic mass is 32.2. The number of hydrogen-bond acceptors (Lipinski definition) is 7. The van der Waals surface area contributed by atoms with Crippen LogP contribution in [0, 0.1) is 0 Å². The average Bonchev–Trinajstić information content (AvgIpc) is 3.50. The van der Waals surface area contributed by atoms with Crippen molar-refractivity contribution in [1.82, 2.24) is 19.3 Å². The minimum absolute atomic E-state index is 0.0704. The van der Waals surface area contributed by atoms with Crippen molar-refractivity contribution in [2.24, 2.45) is 0 Å². The summed E-state index contributed by atoms with van der Waals surface area (Å²) in [6, 6.07) is 7.86. The molecular formula is C22H25N5O5S. The van der Waals surface area contributed by atoms with E-state index in [0.29, 0.717) is 23.4 Å². The standard InChI is InChI=1S/C22H25N5O5S/c1-22(2,3)32-21(29)26(16-8-9-16)19-11-18(25-20-15(13-28)12-24-27(19)20)14-6-5-7-17(10-14)33(30,31)23-4/h5-7,10-13,16,23H,8-9H2,1-4H3. The van der Waals surface area contributed by atoms with Crippen molar-refractivity contribution in [2.75, 3.05) is 11.9 Å². The first-order chi connectivity index (χ1) is 15.5. The number of aldehydes is 1. The van der Waals surface area contributed by atoms with Crippen LogP contribution in [-0.2, 0) is 14.8 Å². The molecule has 0 unspecified atom stereocenters. The number of hydrogen-bond donors (Lipinski definition) is 1. The lowest BCUT2D eigenvalue weighted by molar-refractivity contribution is 0.0575. The van der Waals surface area contributed by atoms with Crippen LogP contribution in [0.4, 0.5) is 10.6 Å². The Hall–Kier alpha value is -3.31. The maximum absolute atomic E-state index is 13.1. The number of nitrogens with zero attached hydrogens (tertiary/aromatic N) is 4. The van der Waals surface area contributed by atoms with Crippen LogP contribution in [0.2, 0.25) is 0 Å². The molecule has 0 saturated heterocycles. The van der Waals surface area contributed by atoms with Crippen molar-refractivity contribution in [1.29, 1.82) is 0 Å². The highest BCUT2D eigenvalue weighted by Gasteiger charge is 2.38. The molecule has 1 N–H and O–H groups in total. The molecule has 10 nitrogen and oxygen atoms in total. The molecule has 2 aromatic heterocycles. The third-order valence-corrected chi connectivity index (χ3v) is 6.48. The first-order valence-electron chi connectivity index (χ1n) is 10.4. The van der Waals surface area contributed by atoms with Crippen LogP contribution in [0.3, 0.4) is 0 Å². The molecule has 0 bridgehead atoms. The van der Waals surface area contributed by atoms with E-state index in [1.165, 1.54) is 34.8 Å². The fourth-order valence-corrected chi connectivity index (χ4v) is 4.16. The quantitative estimate of drug-likeness (QED) is 0.548. The van der Waals surface area contributed by atoms with Gasteiger partial charge in [0.2, 0.25) is 10.0 Å². The van der Waals surface area contributed by atoms with Gasteiger partial charge in [0.05, 0.1) is 22.3 Å². The van der Waals surface area contributed by atoms with Crippen LogP contribution in [0.1, 0.15) is 44.0 Å². The molecule has 1 aliphatic rings. The van der Waals surface area contributed by atoms with E-state index >= 15 is 0 Å². The van der Waals surface area contributed by atoms with Crippen LogP contribution < -0.4 is 9.62 Å². The summed E-state index contributed by atoms with van der Waals surface area (Å²) in [7, 11) is -2.34. The number of carbonyl (C=O) groups excluding carboxylic acids is 2. The van der Waals surface area contributed by atoms with Crippen molar-refractivity contribution >= 4 is 33.9 Å². The first kappa shape index (κ1) is 22.9. The Kier molecular flexibility index (Phi) is 5.71. The van der Waals surface area contributed by atoms with E-state index in [2.05, 4.69) is 14.8 Å². The van der Waals surface area contributed by atoms with Crippen LogP contribution >= 0.6 is 0 Å². The van der Waals surface area contributed by atoms with E-state index in [-0.39, 0.29) is 22.1 Å². The van der Waals surface area contributed by atoms with Crippen molar-refractivity contribution in [3.8, 4) is 11.3 Å². The van der Waals surface area contributed by atoms with Crippen LogP contribution in [0.15, 0.2) is 41.4 Å². The Morgan fingerprint density at radius 1 is 1.27 bits per heavy atom. The molecule has 0 spiro atoms. The summed E-state index contributed by atoms with van der Waals surface area (Å²) in [4.78, 5) is 30.9.